The zero-order valence-electron chi connectivity index (χ0n) is 10.7. The van der Waals surface area contributed by atoms with Gasteiger partial charge in [0.1, 0.15) is 12.7 Å². The number of methoxy groups -OCH3 is 1. The molecule has 112 valence electrons. The number of hydrogen-bond acceptors (Lipinski definition) is 4. The van der Waals surface area contributed by atoms with Crippen LogP contribution >= 0.6 is 0 Å². The van der Waals surface area contributed by atoms with Gasteiger partial charge in [-0.3, -0.25) is 4.79 Å². The van der Waals surface area contributed by atoms with Crippen molar-refractivity contribution >= 4 is 5.97 Å². The molecule has 1 aromatic rings. The van der Waals surface area contributed by atoms with Crippen molar-refractivity contribution in [1.29, 1.82) is 0 Å². The number of rotatable bonds is 5. The first-order valence-corrected chi connectivity index (χ1v) is 5.44. The molecule has 0 aliphatic carbocycles. The predicted octanol–water partition coefficient (Wildman–Crippen LogP) is 2.97. The van der Waals surface area contributed by atoms with Crippen molar-refractivity contribution in [2.24, 2.45) is 0 Å². The third-order valence-electron chi connectivity index (χ3n) is 2.28. The van der Waals surface area contributed by atoms with Crippen LogP contribution in [0.3, 0.4) is 0 Å². The van der Waals surface area contributed by atoms with E-state index in [4.69, 9.17) is 9.47 Å². The topological polar surface area (TPSA) is 44.8 Å². The Bertz CT molecular complexity index is 473. The van der Waals surface area contributed by atoms with Gasteiger partial charge >= 0.3 is 12.3 Å². The number of halogens is 4. The van der Waals surface area contributed by atoms with Crippen LogP contribution in [0.15, 0.2) is 18.2 Å². The second-order valence-corrected chi connectivity index (χ2v) is 3.76. The summed E-state index contributed by atoms with van der Waals surface area (Å²) < 4.78 is 62.8. The normalized spacial score (nSPS) is 12.9. The molecule has 0 saturated heterocycles. The molecule has 8 heteroatoms. The standard InChI is InChI=1S/C12H12F4O4/c1-7(17)19-6-11(18-2)8-3-4-9(13)10(5-8)20-12(14,15)16/h3-5,11H,6H2,1-2H3. The fourth-order valence-corrected chi connectivity index (χ4v) is 1.42. The molecule has 0 fully saturated rings. The van der Waals surface area contributed by atoms with Gasteiger partial charge < -0.3 is 14.2 Å². The Hall–Kier alpha value is -1.83. The van der Waals surface area contributed by atoms with E-state index in [1.807, 2.05) is 0 Å². The zero-order valence-corrected chi connectivity index (χ0v) is 10.7. The molecule has 0 N–H and O–H groups in total. The first-order valence-electron chi connectivity index (χ1n) is 5.44. The summed E-state index contributed by atoms with van der Waals surface area (Å²) in [5, 5.41) is 0. The molecule has 0 aliphatic heterocycles. The first kappa shape index (κ1) is 16.2. The van der Waals surface area contributed by atoms with E-state index in [2.05, 4.69) is 4.74 Å². The largest absolute Gasteiger partial charge is 0.573 e. The Morgan fingerprint density at radius 3 is 2.50 bits per heavy atom. The number of hydrogen-bond donors (Lipinski definition) is 0. The van der Waals surface area contributed by atoms with Gasteiger partial charge in [-0.15, -0.1) is 13.2 Å². The first-order chi connectivity index (χ1) is 9.23. The summed E-state index contributed by atoms with van der Waals surface area (Å²) in [6.07, 6.45) is -5.83. The van der Waals surface area contributed by atoms with Crippen molar-refractivity contribution in [2.75, 3.05) is 13.7 Å². The van der Waals surface area contributed by atoms with Gasteiger partial charge in [0.2, 0.25) is 0 Å². The summed E-state index contributed by atoms with van der Waals surface area (Å²) in [4.78, 5) is 10.7. The van der Waals surface area contributed by atoms with Gasteiger partial charge in [-0.25, -0.2) is 4.39 Å². The van der Waals surface area contributed by atoms with Crippen LogP contribution in [0.2, 0.25) is 0 Å². The number of carbonyl (C=O) groups is 1. The maximum absolute atomic E-state index is 13.2. The Labute approximate surface area is 112 Å². The SMILES string of the molecule is COC(COC(C)=O)c1ccc(F)c(OC(F)(F)F)c1. The van der Waals surface area contributed by atoms with Gasteiger partial charge in [-0.05, 0) is 17.7 Å². The summed E-state index contributed by atoms with van der Waals surface area (Å²) in [6, 6.07) is 2.88. The summed E-state index contributed by atoms with van der Waals surface area (Å²) in [7, 11) is 1.28. The van der Waals surface area contributed by atoms with E-state index in [1.165, 1.54) is 20.1 Å². The minimum atomic E-state index is -5.00. The average Bonchev–Trinajstić information content (AvgIpc) is 2.31. The van der Waals surface area contributed by atoms with Gasteiger partial charge in [-0.1, -0.05) is 6.07 Å². The van der Waals surface area contributed by atoms with Crippen molar-refractivity contribution in [2.45, 2.75) is 19.4 Å². The van der Waals surface area contributed by atoms with Crippen LogP contribution in [-0.2, 0) is 14.3 Å². The van der Waals surface area contributed by atoms with E-state index in [0.29, 0.717) is 0 Å². The number of alkyl halides is 3. The molecule has 0 saturated carbocycles. The summed E-state index contributed by atoms with van der Waals surface area (Å²) in [6.45, 7) is 0.971. The van der Waals surface area contributed by atoms with Crippen molar-refractivity contribution in [3.63, 3.8) is 0 Å². The van der Waals surface area contributed by atoms with Gasteiger partial charge in [0, 0.05) is 14.0 Å². The van der Waals surface area contributed by atoms with E-state index in [0.717, 1.165) is 12.1 Å². The monoisotopic (exact) mass is 296 g/mol. The van der Waals surface area contributed by atoms with Crippen LogP contribution < -0.4 is 4.74 Å². The van der Waals surface area contributed by atoms with E-state index >= 15 is 0 Å². The van der Waals surface area contributed by atoms with Gasteiger partial charge in [-0.2, -0.15) is 0 Å². The molecule has 1 aromatic carbocycles. The molecule has 0 aromatic heterocycles. The second kappa shape index (κ2) is 6.56. The highest BCUT2D eigenvalue weighted by Crippen LogP contribution is 2.29. The molecular formula is C12H12F4O4. The molecule has 0 spiro atoms. The molecule has 0 bridgehead atoms. The molecule has 0 heterocycles. The number of carbonyl (C=O) groups excluding carboxylic acids is 1. The maximum atomic E-state index is 13.2. The minimum absolute atomic E-state index is 0.189. The summed E-state index contributed by atoms with van der Waals surface area (Å²) >= 11 is 0. The minimum Gasteiger partial charge on any atom is -0.463 e. The van der Waals surface area contributed by atoms with Crippen molar-refractivity contribution in [1.82, 2.24) is 0 Å². The van der Waals surface area contributed by atoms with Crippen LogP contribution in [0.5, 0.6) is 5.75 Å². The van der Waals surface area contributed by atoms with E-state index in [9.17, 15) is 22.4 Å². The quantitative estimate of drug-likeness (QED) is 0.619. The highest BCUT2D eigenvalue weighted by molar-refractivity contribution is 5.65. The molecular weight excluding hydrogens is 284 g/mol. The molecule has 1 atom stereocenters. The third-order valence-corrected chi connectivity index (χ3v) is 2.28. The number of benzene rings is 1. The smallest absolute Gasteiger partial charge is 0.463 e. The van der Waals surface area contributed by atoms with E-state index < -0.39 is 30.0 Å². The molecule has 0 amide bonds. The second-order valence-electron chi connectivity index (χ2n) is 3.76. The fourth-order valence-electron chi connectivity index (χ4n) is 1.42. The van der Waals surface area contributed by atoms with Crippen molar-refractivity contribution < 1.29 is 36.6 Å². The molecule has 0 radical (unpaired) electrons. The summed E-state index contributed by atoms with van der Waals surface area (Å²) in [5.41, 5.74) is 0.189. The van der Waals surface area contributed by atoms with E-state index in [1.54, 1.807) is 0 Å². The molecule has 20 heavy (non-hydrogen) atoms. The summed E-state index contributed by atoms with van der Waals surface area (Å²) in [5.74, 6) is -2.70. The number of esters is 1. The highest BCUT2D eigenvalue weighted by atomic mass is 19.4. The Kier molecular flexibility index (Phi) is 5.32. The van der Waals surface area contributed by atoms with E-state index in [-0.39, 0.29) is 12.2 Å². The lowest BCUT2D eigenvalue weighted by molar-refractivity contribution is -0.275. The average molecular weight is 296 g/mol. The van der Waals surface area contributed by atoms with Crippen LogP contribution in [0.4, 0.5) is 17.6 Å². The van der Waals surface area contributed by atoms with Crippen molar-refractivity contribution in [3.05, 3.63) is 29.6 Å². The van der Waals surface area contributed by atoms with Gasteiger partial charge in [0.05, 0.1) is 0 Å². The molecule has 1 unspecified atom stereocenters. The molecule has 0 aliphatic rings. The predicted molar refractivity (Wildman–Crippen MR) is 59.5 cm³/mol. The van der Waals surface area contributed by atoms with Crippen molar-refractivity contribution in [3.8, 4) is 5.75 Å². The van der Waals surface area contributed by atoms with Crippen LogP contribution in [0.25, 0.3) is 0 Å². The van der Waals surface area contributed by atoms with Gasteiger partial charge in [0.15, 0.2) is 11.6 Å². The zero-order chi connectivity index (χ0) is 15.3. The van der Waals surface area contributed by atoms with Crippen LogP contribution in [-0.4, -0.2) is 26.0 Å². The highest BCUT2D eigenvalue weighted by Gasteiger charge is 2.32. The third kappa shape index (κ3) is 5.04. The lowest BCUT2D eigenvalue weighted by Gasteiger charge is -2.17. The Balaban J connectivity index is 2.94. The van der Waals surface area contributed by atoms with Gasteiger partial charge in [0.25, 0.3) is 0 Å². The fraction of sp³-hybridized carbons (Fsp3) is 0.417. The number of ether oxygens (including phenoxy) is 3. The van der Waals surface area contributed by atoms with Crippen LogP contribution in [0.1, 0.15) is 18.6 Å². The molecule has 4 nitrogen and oxygen atoms in total. The molecule has 1 rings (SSSR count). The lowest BCUT2D eigenvalue weighted by atomic mass is 10.1. The maximum Gasteiger partial charge on any atom is 0.573 e. The van der Waals surface area contributed by atoms with Crippen LogP contribution in [0, 0.1) is 5.82 Å². The Morgan fingerprint density at radius 2 is 2.00 bits per heavy atom. The Morgan fingerprint density at radius 1 is 1.35 bits per heavy atom. The lowest BCUT2D eigenvalue weighted by Crippen LogP contribution is -2.19.